The summed E-state index contributed by atoms with van der Waals surface area (Å²) < 4.78 is 21.8. The highest BCUT2D eigenvalue weighted by atomic mass is 16.5. The molecule has 30 heavy (non-hydrogen) atoms. The van der Waals surface area contributed by atoms with Crippen LogP contribution in [0.3, 0.4) is 0 Å². The highest BCUT2D eigenvalue weighted by molar-refractivity contribution is 5.90. The van der Waals surface area contributed by atoms with E-state index >= 15 is 0 Å². The number of benzene rings is 1. The Bertz CT molecular complexity index is 849. The maximum Gasteiger partial charge on any atom is 0.321 e. The molecule has 0 saturated carbocycles. The van der Waals surface area contributed by atoms with E-state index in [0.717, 1.165) is 5.82 Å². The number of methoxy groups -OCH3 is 3. The van der Waals surface area contributed by atoms with Crippen LogP contribution in [0, 0.1) is 0 Å². The fourth-order valence-corrected chi connectivity index (χ4v) is 3.15. The topological polar surface area (TPSA) is 98.3 Å². The zero-order chi connectivity index (χ0) is 21.7. The van der Waals surface area contributed by atoms with Gasteiger partial charge in [0.15, 0.2) is 17.3 Å². The molecular formula is C20H27N5O5. The second-order valence-corrected chi connectivity index (χ2v) is 6.94. The van der Waals surface area contributed by atoms with E-state index in [4.69, 9.17) is 18.9 Å². The molecule has 1 unspecified atom stereocenters. The molecule has 2 amide bonds. The van der Waals surface area contributed by atoms with Gasteiger partial charge in [0.1, 0.15) is 6.10 Å². The number of carbonyl (C=O) groups is 1. The minimum atomic E-state index is -0.232. The quantitative estimate of drug-likeness (QED) is 0.733. The van der Waals surface area contributed by atoms with E-state index in [9.17, 15) is 4.79 Å². The average molecular weight is 417 g/mol. The highest BCUT2D eigenvalue weighted by Gasteiger charge is 2.28. The lowest BCUT2D eigenvalue weighted by Gasteiger charge is -2.19. The molecule has 1 atom stereocenters. The number of aromatic nitrogens is 2. The first-order valence-corrected chi connectivity index (χ1v) is 9.48. The van der Waals surface area contributed by atoms with Crippen molar-refractivity contribution < 1.29 is 23.7 Å². The molecule has 1 N–H and O–H groups in total. The maximum atomic E-state index is 12.7. The van der Waals surface area contributed by atoms with Crippen molar-refractivity contribution >= 4 is 17.5 Å². The molecule has 1 aromatic carbocycles. The molecule has 10 nitrogen and oxygen atoms in total. The van der Waals surface area contributed by atoms with Crippen molar-refractivity contribution in [3.63, 3.8) is 0 Å². The molecule has 3 rings (SSSR count). The third-order valence-corrected chi connectivity index (χ3v) is 4.72. The van der Waals surface area contributed by atoms with Crippen molar-refractivity contribution in [3.05, 3.63) is 24.3 Å². The van der Waals surface area contributed by atoms with Gasteiger partial charge in [0.25, 0.3) is 0 Å². The van der Waals surface area contributed by atoms with Crippen LogP contribution in [0.2, 0.25) is 0 Å². The van der Waals surface area contributed by atoms with Gasteiger partial charge < -0.3 is 34.1 Å². The van der Waals surface area contributed by atoms with Crippen LogP contribution in [-0.4, -0.2) is 75.7 Å². The van der Waals surface area contributed by atoms with Gasteiger partial charge in [-0.15, -0.1) is 10.2 Å². The summed E-state index contributed by atoms with van der Waals surface area (Å²) in [5.41, 5.74) is 0.545. The lowest BCUT2D eigenvalue weighted by molar-refractivity contribution is 0.188. The highest BCUT2D eigenvalue weighted by Crippen LogP contribution is 2.40. The first-order valence-electron chi connectivity index (χ1n) is 9.48. The molecule has 2 aromatic rings. The SMILES string of the molecule is COc1cc(NC(=O)N2CCC(Oc3ccc(N(C)C)nn3)C2)cc(OC)c1OC. The van der Waals surface area contributed by atoms with Crippen molar-refractivity contribution in [1.29, 1.82) is 0 Å². The number of hydrogen-bond donors (Lipinski definition) is 1. The fourth-order valence-electron chi connectivity index (χ4n) is 3.15. The molecule has 1 aliphatic heterocycles. The standard InChI is InChI=1S/C20H27N5O5/c1-24(2)17-6-7-18(23-22-17)30-14-8-9-25(12-14)20(26)21-13-10-15(27-3)19(29-5)16(11-13)28-4/h6-7,10-11,14H,8-9,12H2,1-5H3,(H,21,26). The van der Waals surface area contributed by atoms with Crippen LogP contribution in [0.25, 0.3) is 0 Å². The van der Waals surface area contributed by atoms with E-state index in [1.807, 2.05) is 25.1 Å². The molecule has 0 spiro atoms. The number of anilines is 2. The third-order valence-electron chi connectivity index (χ3n) is 4.72. The van der Waals surface area contributed by atoms with Crippen molar-refractivity contribution in [2.75, 3.05) is 58.7 Å². The normalized spacial score (nSPS) is 15.5. The van der Waals surface area contributed by atoms with E-state index in [2.05, 4.69) is 15.5 Å². The van der Waals surface area contributed by atoms with Crippen molar-refractivity contribution in [2.45, 2.75) is 12.5 Å². The van der Waals surface area contributed by atoms with Gasteiger partial charge in [-0.3, -0.25) is 0 Å². The van der Waals surface area contributed by atoms with E-state index in [1.54, 1.807) is 23.1 Å². The van der Waals surface area contributed by atoms with Crippen LogP contribution < -0.4 is 29.2 Å². The van der Waals surface area contributed by atoms with Gasteiger partial charge in [-0.05, 0) is 6.07 Å². The molecule has 1 aliphatic rings. The summed E-state index contributed by atoms with van der Waals surface area (Å²) in [5, 5.41) is 11.1. The minimum absolute atomic E-state index is 0.143. The number of carbonyl (C=O) groups excluding carboxylic acids is 1. The summed E-state index contributed by atoms with van der Waals surface area (Å²) in [7, 11) is 8.37. The van der Waals surface area contributed by atoms with Gasteiger partial charge in [0.2, 0.25) is 11.6 Å². The number of amides is 2. The molecule has 162 valence electrons. The number of hydrogen-bond acceptors (Lipinski definition) is 8. The number of rotatable bonds is 7. The molecule has 1 fully saturated rings. The van der Waals surface area contributed by atoms with Crippen LogP contribution in [0.5, 0.6) is 23.1 Å². The molecule has 1 aromatic heterocycles. The van der Waals surface area contributed by atoms with Crippen molar-refractivity contribution in [3.8, 4) is 23.1 Å². The third kappa shape index (κ3) is 4.76. The second-order valence-electron chi connectivity index (χ2n) is 6.94. The molecular weight excluding hydrogens is 390 g/mol. The van der Waals surface area contributed by atoms with Crippen LogP contribution in [0.4, 0.5) is 16.3 Å². The molecule has 10 heteroatoms. The first-order chi connectivity index (χ1) is 14.4. The van der Waals surface area contributed by atoms with Crippen molar-refractivity contribution in [1.82, 2.24) is 15.1 Å². The van der Waals surface area contributed by atoms with Gasteiger partial charge in [0.05, 0.1) is 33.6 Å². The first kappa shape index (κ1) is 21.3. The fraction of sp³-hybridized carbons (Fsp3) is 0.450. The second kappa shape index (κ2) is 9.38. The van der Waals surface area contributed by atoms with Crippen LogP contribution in [-0.2, 0) is 0 Å². The Hall–Kier alpha value is -3.43. The van der Waals surface area contributed by atoms with Crippen molar-refractivity contribution in [2.24, 2.45) is 0 Å². The summed E-state index contributed by atoms with van der Waals surface area (Å²) in [6.45, 7) is 1.03. The number of likely N-dealkylation sites (tertiary alicyclic amines) is 1. The number of urea groups is 1. The van der Waals surface area contributed by atoms with Gasteiger partial charge in [-0.1, -0.05) is 0 Å². The number of nitrogens with one attached hydrogen (secondary N) is 1. The Morgan fingerprint density at radius 2 is 1.80 bits per heavy atom. The summed E-state index contributed by atoms with van der Waals surface area (Å²) in [6.07, 6.45) is 0.565. The molecule has 0 radical (unpaired) electrons. The Labute approximate surface area is 175 Å². The van der Waals surface area contributed by atoms with E-state index < -0.39 is 0 Å². The van der Waals surface area contributed by atoms with Gasteiger partial charge in [-0.2, -0.15) is 0 Å². The predicted octanol–water partition coefficient (Wildman–Crippen LogP) is 2.25. The summed E-state index contributed by atoms with van der Waals surface area (Å²) >= 11 is 0. The molecule has 0 aliphatic carbocycles. The lowest BCUT2D eigenvalue weighted by Crippen LogP contribution is -2.34. The van der Waals surface area contributed by atoms with Crippen LogP contribution in [0.15, 0.2) is 24.3 Å². The Morgan fingerprint density at radius 3 is 2.33 bits per heavy atom. The largest absolute Gasteiger partial charge is 0.493 e. The smallest absolute Gasteiger partial charge is 0.321 e. The minimum Gasteiger partial charge on any atom is -0.493 e. The molecule has 2 heterocycles. The Morgan fingerprint density at radius 1 is 1.10 bits per heavy atom. The monoisotopic (exact) mass is 417 g/mol. The number of ether oxygens (including phenoxy) is 4. The van der Waals surface area contributed by atoms with E-state index in [0.29, 0.717) is 48.3 Å². The number of nitrogens with zero attached hydrogens (tertiary/aromatic N) is 4. The summed E-state index contributed by atoms with van der Waals surface area (Å²) in [5.74, 6) is 2.59. The summed E-state index contributed by atoms with van der Waals surface area (Å²) in [4.78, 5) is 16.3. The van der Waals surface area contributed by atoms with Crippen LogP contribution >= 0.6 is 0 Å². The predicted molar refractivity (Wildman–Crippen MR) is 112 cm³/mol. The molecule has 1 saturated heterocycles. The van der Waals surface area contributed by atoms with E-state index in [1.165, 1.54) is 21.3 Å². The van der Waals surface area contributed by atoms with Gasteiger partial charge in [0, 0.05) is 45.3 Å². The maximum absolute atomic E-state index is 12.7. The van der Waals surface area contributed by atoms with Gasteiger partial charge >= 0.3 is 6.03 Å². The summed E-state index contributed by atoms with van der Waals surface area (Å²) in [6, 6.07) is 6.76. The zero-order valence-electron chi connectivity index (χ0n) is 17.8. The van der Waals surface area contributed by atoms with E-state index in [-0.39, 0.29) is 12.1 Å². The lowest BCUT2D eigenvalue weighted by atomic mass is 10.2. The molecule has 0 bridgehead atoms. The van der Waals surface area contributed by atoms with Crippen LogP contribution in [0.1, 0.15) is 6.42 Å². The zero-order valence-corrected chi connectivity index (χ0v) is 17.8. The average Bonchev–Trinajstić information content (AvgIpc) is 3.22. The Balaban J connectivity index is 1.61. The van der Waals surface area contributed by atoms with Gasteiger partial charge in [-0.25, -0.2) is 4.79 Å². The Kier molecular flexibility index (Phi) is 6.65.